The van der Waals surface area contributed by atoms with Crippen molar-refractivity contribution in [3.63, 3.8) is 0 Å². The Balaban J connectivity index is 2.51. The minimum Gasteiger partial charge on any atom is -0.302 e. The van der Waals surface area contributed by atoms with Crippen LogP contribution >= 0.6 is 11.9 Å². The van der Waals surface area contributed by atoms with Gasteiger partial charge in [-0.3, -0.25) is 4.72 Å². The van der Waals surface area contributed by atoms with E-state index in [-0.39, 0.29) is 6.04 Å². The summed E-state index contributed by atoms with van der Waals surface area (Å²) < 4.78 is 3.03. The average molecular weight is 195 g/mol. The van der Waals surface area contributed by atoms with Gasteiger partial charge in [0.2, 0.25) is 0 Å². The van der Waals surface area contributed by atoms with Crippen molar-refractivity contribution in [1.82, 2.24) is 4.72 Å². The molecule has 13 heavy (non-hydrogen) atoms. The van der Waals surface area contributed by atoms with Gasteiger partial charge in [0.05, 0.1) is 6.04 Å². The molecular formula is C10H13NOS. The molecule has 3 heteroatoms. The SMILES string of the molecule is CSN[C@H](C=O)Cc1ccccc1. The summed E-state index contributed by atoms with van der Waals surface area (Å²) >= 11 is 1.47. The summed E-state index contributed by atoms with van der Waals surface area (Å²) in [5.74, 6) is 0. The van der Waals surface area contributed by atoms with Gasteiger partial charge in [-0.15, -0.1) is 0 Å². The van der Waals surface area contributed by atoms with Crippen molar-refractivity contribution in [3.8, 4) is 0 Å². The number of nitrogens with one attached hydrogen (secondary N) is 1. The average Bonchev–Trinajstić information content (AvgIpc) is 2.19. The van der Waals surface area contributed by atoms with Crippen LogP contribution in [0.1, 0.15) is 5.56 Å². The highest BCUT2D eigenvalue weighted by Gasteiger charge is 2.05. The van der Waals surface area contributed by atoms with E-state index < -0.39 is 0 Å². The Hall–Kier alpha value is -0.800. The molecule has 0 saturated heterocycles. The van der Waals surface area contributed by atoms with Crippen LogP contribution in [0.15, 0.2) is 30.3 Å². The first-order chi connectivity index (χ1) is 6.36. The molecule has 1 aromatic carbocycles. The molecule has 1 rings (SSSR count). The Morgan fingerprint density at radius 3 is 2.69 bits per heavy atom. The molecule has 0 aromatic heterocycles. The zero-order valence-electron chi connectivity index (χ0n) is 7.57. The van der Waals surface area contributed by atoms with Crippen LogP contribution in [0.2, 0.25) is 0 Å². The standard InChI is InChI=1S/C10H13NOS/c1-13-11-10(8-12)7-9-5-3-2-4-6-9/h2-6,8,10-11H,7H2,1H3/t10-/m0/s1. The molecular weight excluding hydrogens is 182 g/mol. The van der Waals surface area contributed by atoms with Crippen LogP contribution in [0, 0.1) is 0 Å². The van der Waals surface area contributed by atoms with E-state index in [1.807, 2.05) is 36.6 Å². The lowest BCUT2D eigenvalue weighted by Gasteiger charge is -2.09. The maximum atomic E-state index is 10.6. The highest BCUT2D eigenvalue weighted by molar-refractivity contribution is 7.96. The molecule has 0 heterocycles. The molecule has 0 bridgehead atoms. The number of hydrogen-bond acceptors (Lipinski definition) is 3. The predicted octanol–water partition coefficient (Wildman–Crippen LogP) is 1.66. The molecule has 0 radical (unpaired) electrons. The summed E-state index contributed by atoms with van der Waals surface area (Å²) in [6, 6.07) is 9.91. The molecule has 1 N–H and O–H groups in total. The third-order valence-corrected chi connectivity index (χ3v) is 2.27. The zero-order chi connectivity index (χ0) is 9.52. The van der Waals surface area contributed by atoms with Gasteiger partial charge in [0.1, 0.15) is 6.29 Å². The lowest BCUT2D eigenvalue weighted by Crippen LogP contribution is -2.26. The van der Waals surface area contributed by atoms with E-state index >= 15 is 0 Å². The van der Waals surface area contributed by atoms with Gasteiger partial charge >= 0.3 is 0 Å². The molecule has 0 aliphatic carbocycles. The van der Waals surface area contributed by atoms with Crippen LogP contribution in [0.5, 0.6) is 0 Å². The Morgan fingerprint density at radius 2 is 2.15 bits per heavy atom. The van der Waals surface area contributed by atoms with Crippen molar-refractivity contribution in [2.75, 3.05) is 6.26 Å². The smallest absolute Gasteiger partial charge is 0.138 e. The molecule has 0 unspecified atom stereocenters. The van der Waals surface area contributed by atoms with Gasteiger partial charge in [0.25, 0.3) is 0 Å². The summed E-state index contributed by atoms with van der Waals surface area (Å²) in [5, 5.41) is 0. The first-order valence-corrected chi connectivity index (χ1v) is 5.37. The van der Waals surface area contributed by atoms with Crippen LogP contribution in [0.3, 0.4) is 0 Å². The molecule has 0 saturated carbocycles. The van der Waals surface area contributed by atoms with Crippen LogP contribution < -0.4 is 4.72 Å². The first kappa shape index (κ1) is 10.3. The topological polar surface area (TPSA) is 29.1 Å². The fraction of sp³-hybridized carbons (Fsp3) is 0.300. The Bertz CT molecular complexity index is 250. The number of carbonyl (C=O) groups is 1. The second-order valence-corrected chi connectivity index (χ2v) is 3.40. The Labute approximate surface area is 82.9 Å². The summed E-state index contributed by atoms with van der Waals surface area (Å²) in [5.41, 5.74) is 1.18. The summed E-state index contributed by atoms with van der Waals surface area (Å²) in [6.07, 6.45) is 3.62. The van der Waals surface area contributed by atoms with Crippen molar-refractivity contribution in [1.29, 1.82) is 0 Å². The zero-order valence-corrected chi connectivity index (χ0v) is 8.38. The van der Waals surface area contributed by atoms with E-state index in [0.29, 0.717) is 0 Å². The predicted molar refractivity (Wildman–Crippen MR) is 56.6 cm³/mol. The molecule has 1 aromatic rings. The molecule has 0 aliphatic heterocycles. The van der Waals surface area contributed by atoms with Gasteiger partial charge in [-0.2, -0.15) is 0 Å². The van der Waals surface area contributed by atoms with E-state index in [1.54, 1.807) is 0 Å². The van der Waals surface area contributed by atoms with Crippen molar-refractivity contribution in [2.24, 2.45) is 0 Å². The molecule has 70 valence electrons. The van der Waals surface area contributed by atoms with Crippen LogP contribution in [-0.2, 0) is 11.2 Å². The summed E-state index contributed by atoms with van der Waals surface area (Å²) in [4.78, 5) is 10.6. The molecule has 1 atom stereocenters. The summed E-state index contributed by atoms with van der Waals surface area (Å²) in [6.45, 7) is 0. The van der Waals surface area contributed by atoms with Crippen molar-refractivity contribution in [3.05, 3.63) is 35.9 Å². The van der Waals surface area contributed by atoms with Gasteiger partial charge in [0, 0.05) is 0 Å². The van der Waals surface area contributed by atoms with E-state index in [0.717, 1.165) is 12.7 Å². The number of carbonyl (C=O) groups excluding carboxylic acids is 1. The monoisotopic (exact) mass is 195 g/mol. The minimum absolute atomic E-state index is 0.0857. The molecule has 0 spiro atoms. The highest BCUT2D eigenvalue weighted by atomic mass is 32.2. The second kappa shape index (κ2) is 5.78. The fourth-order valence-electron chi connectivity index (χ4n) is 1.14. The number of rotatable bonds is 5. The van der Waals surface area contributed by atoms with Gasteiger partial charge < -0.3 is 4.79 Å². The van der Waals surface area contributed by atoms with Crippen LogP contribution in [-0.4, -0.2) is 18.6 Å². The van der Waals surface area contributed by atoms with E-state index in [1.165, 1.54) is 17.5 Å². The molecule has 0 fully saturated rings. The van der Waals surface area contributed by atoms with Crippen LogP contribution in [0.4, 0.5) is 0 Å². The van der Waals surface area contributed by atoms with Gasteiger partial charge in [-0.1, -0.05) is 42.3 Å². The second-order valence-electron chi connectivity index (χ2n) is 2.75. The van der Waals surface area contributed by atoms with Crippen molar-refractivity contribution < 1.29 is 4.79 Å². The van der Waals surface area contributed by atoms with E-state index in [4.69, 9.17) is 0 Å². The van der Waals surface area contributed by atoms with Crippen molar-refractivity contribution >= 4 is 18.2 Å². The first-order valence-electron chi connectivity index (χ1n) is 4.14. The Morgan fingerprint density at radius 1 is 1.46 bits per heavy atom. The quantitative estimate of drug-likeness (QED) is 0.572. The normalized spacial score (nSPS) is 12.4. The largest absolute Gasteiger partial charge is 0.302 e. The van der Waals surface area contributed by atoms with Gasteiger partial charge in [-0.05, 0) is 18.2 Å². The number of benzene rings is 1. The Kier molecular flexibility index (Phi) is 4.57. The van der Waals surface area contributed by atoms with Crippen LogP contribution in [0.25, 0.3) is 0 Å². The molecule has 0 amide bonds. The summed E-state index contributed by atoms with van der Waals surface area (Å²) in [7, 11) is 0. The third-order valence-electron chi connectivity index (χ3n) is 1.73. The highest BCUT2D eigenvalue weighted by Crippen LogP contribution is 2.03. The van der Waals surface area contributed by atoms with E-state index in [2.05, 4.69) is 4.72 Å². The maximum absolute atomic E-state index is 10.6. The van der Waals surface area contributed by atoms with E-state index in [9.17, 15) is 4.79 Å². The molecule has 0 aliphatic rings. The van der Waals surface area contributed by atoms with Gasteiger partial charge in [0.15, 0.2) is 0 Å². The third kappa shape index (κ3) is 3.61. The minimum atomic E-state index is -0.0857. The number of aldehydes is 1. The van der Waals surface area contributed by atoms with Gasteiger partial charge in [-0.25, -0.2) is 0 Å². The van der Waals surface area contributed by atoms with Crippen molar-refractivity contribution in [2.45, 2.75) is 12.5 Å². The lowest BCUT2D eigenvalue weighted by molar-refractivity contribution is -0.109. The maximum Gasteiger partial charge on any atom is 0.138 e. The number of hydrogen-bond donors (Lipinski definition) is 1. The molecule has 2 nitrogen and oxygen atoms in total. The lowest BCUT2D eigenvalue weighted by atomic mass is 10.1. The fourth-order valence-corrected chi connectivity index (χ4v) is 1.58.